The van der Waals surface area contributed by atoms with Crippen LogP contribution in [0.4, 0.5) is 0 Å². The zero-order valence-corrected chi connectivity index (χ0v) is 12.3. The average molecular weight is 270 g/mol. The SMILES string of the molecule is CNC(CN1CCCOC(C)C1)(C(=O)OC)C1CC1. The molecule has 0 spiro atoms. The van der Waals surface area contributed by atoms with Crippen molar-refractivity contribution in [3.63, 3.8) is 0 Å². The number of likely N-dealkylation sites (N-methyl/N-ethyl adjacent to an activating group) is 1. The Morgan fingerprint density at radius 2 is 2.26 bits per heavy atom. The minimum Gasteiger partial charge on any atom is -0.468 e. The highest BCUT2D eigenvalue weighted by atomic mass is 16.5. The molecule has 0 amide bonds. The van der Waals surface area contributed by atoms with Crippen LogP contribution in [0.3, 0.4) is 0 Å². The maximum absolute atomic E-state index is 12.2. The predicted molar refractivity (Wildman–Crippen MR) is 73.0 cm³/mol. The molecule has 2 fully saturated rings. The molecule has 1 aliphatic carbocycles. The van der Waals surface area contributed by atoms with Gasteiger partial charge in [-0.05, 0) is 39.2 Å². The Morgan fingerprint density at radius 3 is 2.84 bits per heavy atom. The maximum Gasteiger partial charge on any atom is 0.327 e. The number of carbonyl (C=O) groups excluding carboxylic acids is 1. The van der Waals surface area contributed by atoms with Gasteiger partial charge in [0, 0.05) is 26.2 Å². The summed E-state index contributed by atoms with van der Waals surface area (Å²) >= 11 is 0. The van der Waals surface area contributed by atoms with Crippen molar-refractivity contribution in [1.82, 2.24) is 10.2 Å². The first-order chi connectivity index (χ1) is 9.12. The molecule has 0 bridgehead atoms. The first kappa shape index (κ1) is 14.8. The number of methoxy groups -OCH3 is 1. The molecule has 0 aromatic carbocycles. The third kappa shape index (κ3) is 3.27. The molecule has 2 aliphatic rings. The molecule has 1 heterocycles. The van der Waals surface area contributed by atoms with Crippen molar-refractivity contribution in [2.75, 3.05) is 40.4 Å². The first-order valence-electron chi connectivity index (χ1n) is 7.23. The van der Waals surface area contributed by atoms with Crippen LogP contribution in [0.15, 0.2) is 0 Å². The minimum absolute atomic E-state index is 0.129. The van der Waals surface area contributed by atoms with E-state index in [9.17, 15) is 4.79 Å². The van der Waals surface area contributed by atoms with E-state index in [4.69, 9.17) is 9.47 Å². The third-order valence-electron chi connectivity index (χ3n) is 4.28. The zero-order valence-electron chi connectivity index (χ0n) is 12.3. The Kier molecular flexibility index (Phi) is 4.81. The molecule has 1 aliphatic heterocycles. The molecule has 2 rings (SSSR count). The molecule has 1 N–H and O–H groups in total. The van der Waals surface area contributed by atoms with E-state index in [-0.39, 0.29) is 12.1 Å². The highest BCUT2D eigenvalue weighted by Crippen LogP contribution is 2.41. The summed E-state index contributed by atoms with van der Waals surface area (Å²) in [7, 11) is 3.35. The predicted octanol–water partition coefficient (Wildman–Crippen LogP) is 0.638. The molecule has 110 valence electrons. The molecule has 0 aromatic heterocycles. The van der Waals surface area contributed by atoms with Crippen LogP contribution >= 0.6 is 0 Å². The van der Waals surface area contributed by atoms with Gasteiger partial charge in [-0.2, -0.15) is 0 Å². The number of hydrogen-bond acceptors (Lipinski definition) is 5. The summed E-state index contributed by atoms with van der Waals surface area (Å²) in [4.78, 5) is 14.6. The number of ether oxygens (including phenoxy) is 2. The fourth-order valence-electron chi connectivity index (χ4n) is 3.08. The fraction of sp³-hybridized carbons (Fsp3) is 0.929. The van der Waals surface area contributed by atoms with E-state index in [1.54, 1.807) is 0 Å². The van der Waals surface area contributed by atoms with Gasteiger partial charge in [0.2, 0.25) is 0 Å². The van der Waals surface area contributed by atoms with Gasteiger partial charge >= 0.3 is 5.97 Å². The van der Waals surface area contributed by atoms with Crippen molar-refractivity contribution in [2.24, 2.45) is 5.92 Å². The van der Waals surface area contributed by atoms with Gasteiger partial charge in [-0.3, -0.25) is 4.90 Å². The van der Waals surface area contributed by atoms with Gasteiger partial charge in [-0.25, -0.2) is 4.79 Å². The second-order valence-electron chi connectivity index (χ2n) is 5.76. The molecule has 5 heteroatoms. The van der Waals surface area contributed by atoms with Gasteiger partial charge in [0.25, 0.3) is 0 Å². The molecule has 0 radical (unpaired) electrons. The summed E-state index contributed by atoms with van der Waals surface area (Å²) in [6, 6.07) is 0. The van der Waals surface area contributed by atoms with E-state index < -0.39 is 5.54 Å². The summed E-state index contributed by atoms with van der Waals surface area (Å²) in [5.41, 5.74) is -0.543. The Bertz CT molecular complexity index is 320. The standard InChI is InChI=1S/C14H26N2O3/c1-11-9-16(7-4-8-19-11)10-14(15-2,12-5-6-12)13(17)18-3/h11-12,15H,4-10H2,1-3H3. The summed E-state index contributed by atoms with van der Waals surface area (Å²) in [5.74, 6) is 0.278. The van der Waals surface area contributed by atoms with Crippen molar-refractivity contribution in [2.45, 2.75) is 37.8 Å². The number of esters is 1. The van der Waals surface area contributed by atoms with Gasteiger partial charge in [-0.1, -0.05) is 0 Å². The number of rotatable bonds is 5. The molecular weight excluding hydrogens is 244 g/mol. The highest BCUT2D eigenvalue weighted by Gasteiger charge is 2.51. The summed E-state index contributed by atoms with van der Waals surface area (Å²) < 4.78 is 10.7. The largest absolute Gasteiger partial charge is 0.468 e. The second-order valence-corrected chi connectivity index (χ2v) is 5.76. The fourth-order valence-corrected chi connectivity index (χ4v) is 3.08. The van der Waals surface area contributed by atoms with Crippen LogP contribution < -0.4 is 5.32 Å². The van der Waals surface area contributed by atoms with E-state index in [1.807, 2.05) is 7.05 Å². The lowest BCUT2D eigenvalue weighted by Crippen LogP contribution is -2.60. The minimum atomic E-state index is -0.543. The molecule has 1 saturated carbocycles. The lowest BCUT2D eigenvalue weighted by molar-refractivity contribution is -0.150. The monoisotopic (exact) mass is 270 g/mol. The van der Waals surface area contributed by atoms with Gasteiger partial charge < -0.3 is 14.8 Å². The van der Waals surface area contributed by atoms with Crippen LogP contribution in [-0.2, 0) is 14.3 Å². The molecule has 1 saturated heterocycles. The van der Waals surface area contributed by atoms with Gasteiger partial charge in [0.05, 0.1) is 13.2 Å². The topological polar surface area (TPSA) is 50.8 Å². The zero-order chi connectivity index (χ0) is 13.9. The smallest absolute Gasteiger partial charge is 0.327 e. The van der Waals surface area contributed by atoms with Gasteiger partial charge in [0.1, 0.15) is 5.54 Å². The molecule has 2 unspecified atom stereocenters. The summed E-state index contributed by atoms with van der Waals surface area (Å²) in [5, 5.41) is 3.25. The quantitative estimate of drug-likeness (QED) is 0.743. The van der Waals surface area contributed by atoms with Crippen molar-refractivity contribution < 1.29 is 14.3 Å². The van der Waals surface area contributed by atoms with E-state index >= 15 is 0 Å². The molecule has 2 atom stereocenters. The molecule has 0 aromatic rings. The lowest BCUT2D eigenvalue weighted by atomic mass is 9.92. The van der Waals surface area contributed by atoms with Crippen LogP contribution in [0.1, 0.15) is 26.2 Å². The van der Waals surface area contributed by atoms with Crippen LogP contribution in [0.25, 0.3) is 0 Å². The van der Waals surface area contributed by atoms with E-state index in [2.05, 4.69) is 17.1 Å². The third-order valence-corrected chi connectivity index (χ3v) is 4.28. The number of carbonyl (C=O) groups is 1. The van der Waals surface area contributed by atoms with Crippen LogP contribution in [0, 0.1) is 5.92 Å². The van der Waals surface area contributed by atoms with E-state index in [1.165, 1.54) is 7.11 Å². The maximum atomic E-state index is 12.2. The Labute approximate surface area is 115 Å². The Hall–Kier alpha value is -0.650. The van der Waals surface area contributed by atoms with Gasteiger partial charge in [-0.15, -0.1) is 0 Å². The lowest BCUT2D eigenvalue weighted by Gasteiger charge is -2.36. The van der Waals surface area contributed by atoms with Crippen LogP contribution in [0.5, 0.6) is 0 Å². The highest BCUT2D eigenvalue weighted by molar-refractivity contribution is 5.82. The summed E-state index contributed by atoms with van der Waals surface area (Å²) in [6.07, 6.45) is 3.47. The van der Waals surface area contributed by atoms with E-state index in [0.29, 0.717) is 12.5 Å². The van der Waals surface area contributed by atoms with Crippen LogP contribution in [0.2, 0.25) is 0 Å². The van der Waals surface area contributed by atoms with Crippen LogP contribution in [-0.4, -0.2) is 62.9 Å². The molecule has 5 nitrogen and oxygen atoms in total. The van der Waals surface area contributed by atoms with E-state index in [0.717, 1.165) is 39.0 Å². The first-order valence-corrected chi connectivity index (χ1v) is 7.23. The Balaban J connectivity index is 2.08. The second kappa shape index (κ2) is 6.20. The normalized spacial score (nSPS) is 28.5. The molecule has 19 heavy (non-hydrogen) atoms. The van der Waals surface area contributed by atoms with Crippen molar-refractivity contribution in [1.29, 1.82) is 0 Å². The van der Waals surface area contributed by atoms with Crippen molar-refractivity contribution in [3.05, 3.63) is 0 Å². The number of hydrogen-bond donors (Lipinski definition) is 1. The number of nitrogens with one attached hydrogen (secondary N) is 1. The van der Waals surface area contributed by atoms with Gasteiger partial charge in [0.15, 0.2) is 0 Å². The van der Waals surface area contributed by atoms with Crippen molar-refractivity contribution in [3.8, 4) is 0 Å². The molecular formula is C14H26N2O3. The average Bonchev–Trinajstić information content (AvgIpc) is 3.23. The Morgan fingerprint density at radius 1 is 1.53 bits per heavy atom. The number of nitrogens with zero attached hydrogens (tertiary/aromatic N) is 1. The summed E-state index contributed by atoms with van der Waals surface area (Å²) in [6.45, 7) is 5.49. The van der Waals surface area contributed by atoms with Crippen molar-refractivity contribution >= 4 is 5.97 Å².